The number of piperidine rings is 1. The number of hydrogen-bond donors (Lipinski definition) is 3. The third-order valence-electron chi connectivity index (χ3n) is 8.18. The Labute approximate surface area is 249 Å². The number of imide groups is 1. The van der Waals surface area contributed by atoms with E-state index in [2.05, 4.69) is 16.0 Å². The summed E-state index contributed by atoms with van der Waals surface area (Å²) in [7, 11) is 1.87. The molecule has 232 valence electrons. The van der Waals surface area contributed by atoms with Crippen molar-refractivity contribution in [2.24, 2.45) is 0 Å². The van der Waals surface area contributed by atoms with E-state index in [-0.39, 0.29) is 25.8 Å². The molecule has 4 amide bonds. The van der Waals surface area contributed by atoms with Gasteiger partial charge in [0, 0.05) is 25.6 Å². The quantitative estimate of drug-likeness (QED) is 0.387. The molecule has 3 N–H and O–H groups in total. The fraction of sp³-hybridized carbons (Fsp3) is 0.484. The summed E-state index contributed by atoms with van der Waals surface area (Å²) in [6.07, 6.45) is -3.12. The minimum atomic E-state index is -5.09. The summed E-state index contributed by atoms with van der Waals surface area (Å²) in [5.74, 6) is -3.49. The minimum absolute atomic E-state index is 0.0956. The Morgan fingerprint density at radius 1 is 0.860 bits per heavy atom. The SMILES string of the molecule is CNC1CCN(C(=O)N[C@@H](Cc2ccccc2)C(=O)NC(=O)[C@@H]2CCCN2[C@H](Cc2ccccc2)C(=O)C(F)(F)F)CC1. The van der Waals surface area contributed by atoms with Gasteiger partial charge in [-0.15, -0.1) is 0 Å². The number of nitrogens with one attached hydrogen (secondary N) is 3. The second-order valence-electron chi connectivity index (χ2n) is 11.1. The minimum Gasteiger partial charge on any atom is -0.326 e. The number of rotatable bonds is 10. The molecule has 0 bridgehead atoms. The number of urea groups is 1. The van der Waals surface area contributed by atoms with Crippen molar-refractivity contribution in [1.29, 1.82) is 0 Å². The molecular weight excluding hydrogens is 563 g/mol. The highest BCUT2D eigenvalue weighted by molar-refractivity contribution is 6.01. The van der Waals surface area contributed by atoms with Crippen LogP contribution in [0.3, 0.4) is 0 Å². The number of likely N-dealkylation sites (tertiary alicyclic amines) is 2. The molecule has 2 aromatic rings. The molecule has 2 aromatic carbocycles. The number of hydrogen-bond acceptors (Lipinski definition) is 6. The van der Waals surface area contributed by atoms with E-state index in [1.807, 2.05) is 13.1 Å². The van der Waals surface area contributed by atoms with Crippen molar-refractivity contribution >= 4 is 23.6 Å². The number of nitrogens with zero attached hydrogens (tertiary/aromatic N) is 2. The molecule has 0 saturated carbocycles. The van der Waals surface area contributed by atoms with Crippen molar-refractivity contribution in [3.63, 3.8) is 0 Å². The van der Waals surface area contributed by atoms with Crippen molar-refractivity contribution < 1.29 is 32.3 Å². The maximum atomic E-state index is 13.6. The number of halogens is 3. The van der Waals surface area contributed by atoms with Crippen LogP contribution >= 0.6 is 0 Å². The van der Waals surface area contributed by atoms with Crippen LogP contribution in [0.4, 0.5) is 18.0 Å². The lowest BCUT2D eigenvalue weighted by Gasteiger charge is -2.33. The molecule has 2 aliphatic heterocycles. The molecule has 0 aliphatic carbocycles. The van der Waals surface area contributed by atoms with Gasteiger partial charge in [-0.1, -0.05) is 60.7 Å². The van der Waals surface area contributed by atoms with Crippen molar-refractivity contribution in [2.75, 3.05) is 26.7 Å². The third kappa shape index (κ3) is 8.64. The Morgan fingerprint density at radius 2 is 1.44 bits per heavy atom. The van der Waals surface area contributed by atoms with Gasteiger partial charge in [-0.3, -0.25) is 24.6 Å². The van der Waals surface area contributed by atoms with E-state index in [9.17, 15) is 32.3 Å². The first-order valence-electron chi connectivity index (χ1n) is 14.6. The molecule has 2 heterocycles. The number of alkyl halides is 3. The van der Waals surface area contributed by atoms with E-state index in [0.29, 0.717) is 31.1 Å². The van der Waals surface area contributed by atoms with Crippen LogP contribution in [0.1, 0.15) is 36.8 Å². The summed E-state index contributed by atoms with van der Waals surface area (Å²) >= 11 is 0. The van der Waals surface area contributed by atoms with Crippen LogP contribution in [0.5, 0.6) is 0 Å². The van der Waals surface area contributed by atoms with Crippen molar-refractivity contribution in [1.82, 2.24) is 25.8 Å². The number of ketones is 1. The average Bonchev–Trinajstić information content (AvgIpc) is 3.50. The first kappa shape index (κ1) is 32.2. The van der Waals surface area contributed by atoms with Crippen molar-refractivity contribution in [3.05, 3.63) is 71.8 Å². The lowest BCUT2D eigenvalue weighted by molar-refractivity contribution is -0.177. The number of amides is 4. The Morgan fingerprint density at radius 3 is 2.00 bits per heavy atom. The van der Waals surface area contributed by atoms with E-state index in [4.69, 9.17) is 0 Å². The molecular formula is C31H38F3N5O4. The van der Waals surface area contributed by atoms with E-state index in [1.54, 1.807) is 59.5 Å². The van der Waals surface area contributed by atoms with Crippen LogP contribution in [-0.4, -0.2) is 90.5 Å². The van der Waals surface area contributed by atoms with E-state index < -0.39 is 47.9 Å². The lowest BCUT2D eigenvalue weighted by atomic mass is 9.99. The predicted molar refractivity (Wildman–Crippen MR) is 154 cm³/mol. The Kier molecular flexibility index (Phi) is 10.9. The fourth-order valence-electron chi connectivity index (χ4n) is 5.79. The molecule has 0 spiro atoms. The molecule has 0 unspecified atom stereocenters. The van der Waals surface area contributed by atoms with Crippen LogP contribution in [-0.2, 0) is 27.2 Å². The van der Waals surface area contributed by atoms with Crippen molar-refractivity contribution in [3.8, 4) is 0 Å². The largest absolute Gasteiger partial charge is 0.451 e. The summed E-state index contributed by atoms with van der Waals surface area (Å²) in [6, 6.07) is 13.3. The standard InChI is InChI=1S/C31H38F3N5O4/c1-35-23-14-17-38(18-15-23)30(43)36-24(19-21-9-4-2-5-10-21)28(41)37-29(42)25-13-8-16-39(25)26(27(40)31(32,33)34)20-22-11-6-3-7-12-22/h2-7,9-12,23-26,35H,8,13-20H2,1H3,(H,36,43)(H,37,41,42)/t24-,25-,26+/m0/s1. The van der Waals surface area contributed by atoms with Gasteiger partial charge in [0.2, 0.25) is 11.8 Å². The number of Topliss-reactive ketones (excluding diaryl/α,β-unsaturated/α-hetero) is 1. The number of carbonyl (C=O) groups excluding carboxylic acids is 4. The first-order chi connectivity index (χ1) is 20.6. The summed E-state index contributed by atoms with van der Waals surface area (Å²) in [5, 5.41) is 8.29. The predicted octanol–water partition coefficient (Wildman–Crippen LogP) is 2.84. The molecule has 0 radical (unpaired) electrons. The number of carbonyl (C=O) groups is 4. The highest BCUT2D eigenvalue weighted by Gasteiger charge is 2.49. The first-order valence-corrected chi connectivity index (χ1v) is 14.6. The molecule has 43 heavy (non-hydrogen) atoms. The second-order valence-corrected chi connectivity index (χ2v) is 11.1. The molecule has 0 aromatic heterocycles. The maximum absolute atomic E-state index is 13.6. The zero-order valence-corrected chi connectivity index (χ0v) is 24.1. The van der Waals surface area contributed by atoms with Crippen molar-refractivity contribution in [2.45, 2.75) is 68.9 Å². The van der Waals surface area contributed by atoms with Crippen LogP contribution < -0.4 is 16.0 Å². The van der Waals surface area contributed by atoms with Gasteiger partial charge in [0.05, 0.1) is 12.1 Å². The van der Waals surface area contributed by atoms with Gasteiger partial charge < -0.3 is 15.5 Å². The van der Waals surface area contributed by atoms with Gasteiger partial charge in [0.25, 0.3) is 5.78 Å². The highest BCUT2D eigenvalue weighted by Crippen LogP contribution is 2.28. The van der Waals surface area contributed by atoms with E-state index >= 15 is 0 Å². The van der Waals surface area contributed by atoms with Crippen LogP contribution in [0.2, 0.25) is 0 Å². The Balaban J connectivity index is 1.49. The van der Waals surface area contributed by atoms with Gasteiger partial charge in [0.15, 0.2) is 0 Å². The molecule has 3 atom stereocenters. The summed E-state index contributed by atoms with van der Waals surface area (Å²) in [5.41, 5.74) is 1.28. The Hall–Kier alpha value is -3.77. The zero-order valence-electron chi connectivity index (χ0n) is 24.1. The van der Waals surface area contributed by atoms with E-state index in [1.165, 1.54) is 4.90 Å². The van der Waals surface area contributed by atoms with Crippen LogP contribution in [0.15, 0.2) is 60.7 Å². The summed E-state index contributed by atoms with van der Waals surface area (Å²) < 4.78 is 40.9. The maximum Gasteiger partial charge on any atom is 0.451 e. The van der Waals surface area contributed by atoms with Gasteiger partial charge >= 0.3 is 12.2 Å². The molecule has 12 heteroatoms. The van der Waals surface area contributed by atoms with E-state index in [0.717, 1.165) is 18.4 Å². The Bertz CT molecular complexity index is 1250. The van der Waals surface area contributed by atoms with Gasteiger partial charge in [-0.25, -0.2) is 4.79 Å². The third-order valence-corrected chi connectivity index (χ3v) is 8.18. The summed E-state index contributed by atoms with van der Waals surface area (Å²) in [6.45, 7) is 1.10. The second kappa shape index (κ2) is 14.6. The summed E-state index contributed by atoms with van der Waals surface area (Å²) in [4.78, 5) is 55.4. The fourth-order valence-corrected chi connectivity index (χ4v) is 5.79. The lowest BCUT2D eigenvalue weighted by Crippen LogP contribution is -2.58. The monoisotopic (exact) mass is 601 g/mol. The molecule has 2 saturated heterocycles. The normalized spacial score (nSPS) is 19.4. The number of benzene rings is 2. The topological polar surface area (TPSA) is 111 Å². The molecule has 2 fully saturated rings. The average molecular weight is 602 g/mol. The van der Waals surface area contributed by atoms with Gasteiger partial charge in [-0.2, -0.15) is 13.2 Å². The van der Waals surface area contributed by atoms with Gasteiger partial charge in [0.1, 0.15) is 6.04 Å². The molecule has 4 rings (SSSR count). The smallest absolute Gasteiger partial charge is 0.326 e. The van der Waals surface area contributed by atoms with Crippen LogP contribution in [0, 0.1) is 0 Å². The molecule has 9 nitrogen and oxygen atoms in total. The van der Waals surface area contributed by atoms with Gasteiger partial charge in [-0.05, 0) is 56.8 Å². The zero-order chi connectivity index (χ0) is 31.0. The molecule has 2 aliphatic rings. The van der Waals surface area contributed by atoms with Crippen LogP contribution in [0.25, 0.3) is 0 Å². The highest BCUT2D eigenvalue weighted by atomic mass is 19.4.